The van der Waals surface area contributed by atoms with Crippen molar-refractivity contribution in [2.45, 2.75) is 87.2 Å². The number of alkyl halides is 2. The van der Waals surface area contributed by atoms with Gasteiger partial charge in [-0.2, -0.15) is 5.10 Å². The third-order valence-electron chi connectivity index (χ3n) is 6.48. The molecule has 1 aliphatic heterocycles. The first-order valence-electron chi connectivity index (χ1n) is 10.6. The van der Waals surface area contributed by atoms with E-state index in [1.807, 2.05) is 0 Å². The quantitative estimate of drug-likeness (QED) is 0.636. The van der Waals surface area contributed by atoms with E-state index in [1.165, 1.54) is 19.2 Å². The van der Waals surface area contributed by atoms with Crippen LogP contribution in [0.5, 0.6) is 0 Å². The standard InChI is InChI=1S/C20H31Cl2N3O3/c1-14-2-5-16(6-3-14)26-9-17-10-27-20(28-17,11-25-13-23-12-24-25)18-7-4-15(21)8-19(18)22/h12-19H,2-11H2,1H3/t14?,15?,16?,17-,18?,19?,20-/m0/s1. The molecule has 0 radical (unpaired) electrons. The van der Waals surface area contributed by atoms with Crippen molar-refractivity contribution >= 4 is 23.2 Å². The van der Waals surface area contributed by atoms with Gasteiger partial charge in [0.2, 0.25) is 0 Å². The highest BCUT2D eigenvalue weighted by Gasteiger charge is 2.52. The molecule has 28 heavy (non-hydrogen) atoms. The third-order valence-corrected chi connectivity index (χ3v) is 7.36. The summed E-state index contributed by atoms with van der Waals surface area (Å²) < 4.78 is 20.8. The molecule has 158 valence electrons. The summed E-state index contributed by atoms with van der Waals surface area (Å²) in [6.07, 6.45) is 10.8. The summed E-state index contributed by atoms with van der Waals surface area (Å²) in [5.74, 6) is 0.0829. The Balaban J connectivity index is 1.40. The SMILES string of the molecule is CC1CCC(OC[C@H]2CO[C@](Cn3cncn3)(C3CCC(Cl)CC3Cl)O2)CC1. The topological polar surface area (TPSA) is 58.4 Å². The van der Waals surface area contributed by atoms with Gasteiger partial charge in [-0.3, -0.25) is 0 Å². The van der Waals surface area contributed by atoms with Gasteiger partial charge in [-0.25, -0.2) is 9.67 Å². The number of hydrogen-bond acceptors (Lipinski definition) is 5. The summed E-state index contributed by atoms with van der Waals surface area (Å²) in [6.45, 7) is 3.88. The maximum absolute atomic E-state index is 6.73. The zero-order chi connectivity index (χ0) is 19.6. The Labute approximate surface area is 177 Å². The Bertz CT molecular complexity index is 612. The number of aromatic nitrogens is 3. The molecule has 1 aromatic rings. The van der Waals surface area contributed by atoms with Crippen molar-refractivity contribution in [1.82, 2.24) is 14.8 Å². The second kappa shape index (κ2) is 9.17. The van der Waals surface area contributed by atoms with E-state index in [0.717, 1.165) is 38.0 Å². The van der Waals surface area contributed by atoms with Crippen LogP contribution in [0.15, 0.2) is 12.7 Å². The van der Waals surface area contributed by atoms with Crippen LogP contribution < -0.4 is 0 Å². The molecule has 0 amide bonds. The maximum atomic E-state index is 6.73. The second-order valence-electron chi connectivity index (χ2n) is 8.70. The van der Waals surface area contributed by atoms with Gasteiger partial charge in [0.1, 0.15) is 18.8 Å². The number of ether oxygens (including phenoxy) is 3. The van der Waals surface area contributed by atoms with Gasteiger partial charge in [-0.05, 0) is 50.9 Å². The third kappa shape index (κ3) is 4.84. The number of rotatable bonds is 6. The first-order chi connectivity index (χ1) is 13.5. The van der Waals surface area contributed by atoms with Crippen LogP contribution in [0.4, 0.5) is 0 Å². The Morgan fingerprint density at radius 1 is 1.18 bits per heavy atom. The molecular formula is C20H31Cl2N3O3. The average Bonchev–Trinajstić information content (AvgIpc) is 3.32. The van der Waals surface area contributed by atoms with Crippen molar-refractivity contribution in [3.8, 4) is 0 Å². The molecular weight excluding hydrogens is 401 g/mol. The van der Waals surface area contributed by atoms with Crippen LogP contribution in [0.25, 0.3) is 0 Å². The van der Waals surface area contributed by atoms with Crippen molar-refractivity contribution in [3.05, 3.63) is 12.7 Å². The minimum absolute atomic E-state index is 0.0638. The molecule has 0 aromatic carbocycles. The van der Waals surface area contributed by atoms with Gasteiger partial charge in [0.05, 0.1) is 25.9 Å². The molecule has 0 bridgehead atoms. The van der Waals surface area contributed by atoms with Crippen molar-refractivity contribution in [1.29, 1.82) is 0 Å². The minimum atomic E-state index is -0.799. The van der Waals surface area contributed by atoms with Gasteiger partial charge in [-0.1, -0.05) is 6.92 Å². The van der Waals surface area contributed by atoms with Crippen LogP contribution in [-0.2, 0) is 20.8 Å². The normalized spacial score (nSPS) is 42.0. The molecule has 4 rings (SSSR count). The van der Waals surface area contributed by atoms with Crippen molar-refractivity contribution in [2.24, 2.45) is 11.8 Å². The molecule has 2 aliphatic carbocycles. The Hall–Kier alpha value is -0.400. The molecule has 3 unspecified atom stereocenters. The van der Waals surface area contributed by atoms with Crippen molar-refractivity contribution in [2.75, 3.05) is 13.2 Å². The number of nitrogens with zero attached hydrogens (tertiary/aromatic N) is 3. The predicted octanol–water partition coefficient (Wildman–Crippen LogP) is 4.00. The van der Waals surface area contributed by atoms with Crippen molar-refractivity contribution in [3.63, 3.8) is 0 Å². The summed E-state index contributed by atoms with van der Waals surface area (Å²) in [7, 11) is 0. The Kier molecular flexibility index (Phi) is 6.83. The highest BCUT2D eigenvalue weighted by Crippen LogP contribution is 2.44. The van der Waals surface area contributed by atoms with E-state index in [2.05, 4.69) is 17.0 Å². The van der Waals surface area contributed by atoms with E-state index in [0.29, 0.717) is 25.9 Å². The fourth-order valence-corrected chi connectivity index (χ4v) is 5.75. The summed E-state index contributed by atoms with van der Waals surface area (Å²) in [6, 6.07) is 0. The lowest BCUT2D eigenvalue weighted by Crippen LogP contribution is -2.50. The lowest BCUT2D eigenvalue weighted by Gasteiger charge is -2.41. The molecule has 8 heteroatoms. The van der Waals surface area contributed by atoms with Crippen LogP contribution >= 0.6 is 23.2 Å². The molecule has 3 aliphatic rings. The summed E-state index contributed by atoms with van der Waals surface area (Å²) in [5, 5.41) is 4.29. The molecule has 6 nitrogen and oxygen atoms in total. The van der Waals surface area contributed by atoms with Gasteiger partial charge in [0, 0.05) is 16.7 Å². The van der Waals surface area contributed by atoms with Crippen LogP contribution in [-0.4, -0.2) is 56.7 Å². The van der Waals surface area contributed by atoms with E-state index in [4.69, 9.17) is 37.4 Å². The summed E-state index contributed by atoms with van der Waals surface area (Å²) >= 11 is 13.1. The Morgan fingerprint density at radius 3 is 2.71 bits per heavy atom. The van der Waals surface area contributed by atoms with Gasteiger partial charge in [0.25, 0.3) is 0 Å². The molecule has 5 atom stereocenters. The van der Waals surface area contributed by atoms with E-state index in [9.17, 15) is 0 Å². The fourth-order valence-electron chi connectivity index (χ4n) is 4.80. The van der Waals surface area contributed by atoms with Crippen molar-refractivity contribution < 1.29 is 14.2 Å². The monoisotopic (exact) mass is 431 g/mol. The Morgan fingerprint density at radius 2 is 2.00 bits per heavy atom. The first kappa shape index (κ1) is 20.9. The average molecular weight is 432 g/mol. The smallest absolute Gasteiger partial charge is 0.192 e. The lowest BCUT2D eigenvalue weighted by molar-refractivity contribution is -0.224. The van der Waals surface area contributed by atoms with Gasteiger partial charge in [0.15, 0.2) is 5.79 Å². The fraction of sp³-hybridized carbons (Fsp3) is 0.900. The van der Waals surface area contributed by atoms with Crippen LogP contribution in [0, 0.1) is 11.8 Å². The van der Waals surface area contributed by atoms with Crippen LogP contribution in [0.3, 0.4) is 0 Å². The molecule has 2 heterocycles. The predicted molar refractivity (Wildman–Crippen MR) is 108 cm³/mol. The second-order valence-corrected chi connectivity index (χ2v) is 9.88. The zero-order valence-electron chi connectivity index (χ0n) is 16.5. The first-order valence-corrected chi connectivity index (χ1v) is 11.5. The summed E-state index contributed by atoms with van der Waals surface area (Å²) in [5.41, 5.74) is 0. The number of halogens is 2. The molecule has 0 spiro atoms. The molecule has 0 N–H and O–H groups in total. The number of hydrogen-bond donors (Lipinski definition) is 0. The highest BCUT2D eigenvalue weighted by atomic mass is 35.5. The molecule has 1 saturated heterocycles. The van der Waals surface area contributed by atoms with Gasteiger partial charge in [-0.15, -0.1) is 23.2 Å². The van der Waals surface area contributed by atoms with E-state index < -0.39 is 5.79 Å². The largest absolute Gasteiger partial charge is 0.375 e. The highest BCUT2D eigenvalue weighted by molar-refractivity contribution is 6.24. The van der Waals surface area contributed by atoms with Crippen LogP contribution in [0.2, 0.25) is 0 Å². The van der Waals surface area contributed by atoms with E-state index in [-0.39, 0.29) is 22.8 Å². The van der Waals surface area contributed by atoms with E-state index in [1.54, 1.807) is 11.0 Å². The minimum Gasteiger partial charge on any atom is -0.375 e. The maximum Gasteiger partial charge on any atom is 0.192 e. The summed E-state index contributed by atoms with van der Waals surface area (Å²) in [4.78, 5) is 4.06. The molecule has 3 fully saturated rings. The van der Waals surface area contributed by atoms with Gasteiger partial charge < -0.3 is 14.2 Å². The lowest BCUT2D eigenvalue weighted by atomic mass is 9.82. The van der Waals surface area contributed by atoms with Crippen LogP contribution in [0.1, 0.15) is 51.9 Å². The zero-order valence-corrected chi connectivity index (χ0v) is 18.0. The van der Waals surface area contributed by atoms with E-state index >= 15 is 0 Å². The van der Waals surface area contributed by atoms with Gasteiger partial charge >= 0.3 is 0 Å². The molecule has 2 saturated carbocycles. The molecule has 1 aromatic heterocycles.